The second-order valence-electron chi connectivity index (χ2n) is 11.3. The largest absolute Gasteiger partial charge is 0.394 e. The van der Waals surface area contributed by atoms with E-state index >= 15 is 0 Å². The van der Waals surface area contributed by atoms with E-state index in [1.807, 2.05) is 0 Å². The van der Waals surface area contributed by atoms with Crippen molar-refractivity contribution in [1.29, 1.82) is 0 Å². The first-order chi connectivity index (χ1) is 19.8. The molecule has 0 saturated heterocycles. The lowest BCUT2D eigenvalue weighted by atomic mass is 9.97. The number of hydrogen-bond donors (Lipinski definition) is 5. The molecule has 0 aromatic heterocycles. The molecule has 0 saturated carbocycles. The van der Waals surface area contributed by atoms with E-state index in [-0.39, 0.29) is 63.8 Å². The lowest BCUT2D eigenvalue weighted by Crippen LogP contribution is -2.66. The molecule has 0 spiro atoms. The molecule has 0 rings (SSSR count). The summed E-state index contributed by atoms with van der Waals surface area (Å²) >= 11 is 10.1. The van der Waals surface area contributed by atoms with Crippen LogP contribution < -0.4 is 16.0 Å². The van der Waals surface area contributed by atoms with Crippen molar-refractivity contribution in [3.05, 3.63) is 0 Å². The van der Waals surface area contributed by atoms with Crippen molar-refractivity contribution in [2.75, 3.05) is 85.8 Å². The summed E-state index contributed by atoms with van der Waals surface area (Å²) in [6, 6.07) is 0. The molecule has 0 aliphatic rings. The van der Waals surface area contributed by atoms with Gasteiger partial charge in [-0.25, -0.2) is 0 Å². The molecule has 0 heterocycles. The molecule has 3 amide bonds. The van der Waals surface area contributed by atoms with Crippen molar-refractivity contribution >= 4 is 65.5 Å². The standard InChI is InChI=1S/C27H50Br3N3O10/c1-24(2,28)21(36)31-17-27(33-23(38)26(5,6)30,18-32-22(37)25(3,4)29)19-43-14-12-41-10-8-39-7-9-40-11-13-42-16-20(35)15-34/h20,34-35H,7-19H2,1-6H3,(H,31,36)(H,32,37)(H,33,38). The fourth-order valence-corrected chi connectivity index (χ4v) is 3.29. The zero-order valence-electron chi connectivity index (χ0n) is 26.1. The third-order valence-corrected chi connectivity index (χ3v) is 6.64. The van der Waals surface area contributed by atoms with Crippen molar-refractivity contribution in [3.63, 3.8) is 0 Å². The van der Waals surface area contributed by atoms with Gasteiger partial charge in [-0.05, 0) is 41.5 Å². The maximum Gasteiger partial charge on any atom is 0.236 e. The molecule has 1 atom stereocenters. The van der Waals surface area contributed by atoms with Gasteiger partial charge in [0.2, 0.25) is 17.7 Å². The number of carbonyl (C=O) groups excluding carboxylic acids is 3. The van der Waals surface area contributed by atoms with Crippen molar-refractivity contribution in [2.24, 2.45) is 0 Å². The normalized spacial score (nSPS) is 13.5. The Kier molecular flexibility index (Phi) is 21.2. The number of ether oxygens (including phenoxy) is 5. The van der Waals surface area contributed by atoms with E-state index < -0.39 is 24.6 Å². The number of aliphatic hydroxyl groups excluding tert-OH is 2. The third kappa shape index (κ3) is 21.1. The monoisotopic (exact) mass is 813 g/mol. The molecule has 43 heavy (non-hydrogen) atoms. The minimum atomic E-state index is -1.17. The second-order valence-corrected chi connectivity index (χ2v) is 17.3. The van der Waals surface area contributed by atoms with Crippen LogP contribution in [0, 0.1) is 0 Å². The van der Waals surface area contributed by atoms with Gasteiger partial charge in [-0.15, -0.1) is 0 Å². The first-order valence-electron chi connectivity index (χ1n) is 14.0. The Morgan fingerprint density at radius 3 is 1.33 bits per heavy atom. The molecule has 0 radical (unpaired) electrons. The highest BCUT2D eigenvalue weighted by molar-refractivity contribution is 9.10. The summed E-state index contributed by atoms with van der Waals surface area (Å²) in [5.74, 6) is -0.936. The van der Waals surface area contributed by atoms with Crippen LogP contribution in [0.1, 0.15) is 41.5 Å². The summed E-state index contributed by atoms with van der Waals surface area (Å²) in [4.78, 5) is 38.3. The van der Waals surface area contributed by atoms with Crippen LogP contribution in [0.5, 0.6) is 0 Å². The Labute approximate surface area is 280 Å². The van der Waals surface area contributed by atoms with Crippen LogP contribution in [0.3, 0.4) is 0 Å². The summed E-state index contributed by atoms with van der Waals surface area (Å²) in [7, 11) is 0. The Morgan fingerprint density at radius 1 is 0.628 bits per heavy atom. The van der Waals surface area contributed by atoms with Gasteiger partial charge in [0.15, 0.2) is 0 Å². The predicted octanol–water partition coefficient (Wildman–Crippen LogP) is 1.03. The first-order valence-corrected chi connectivity index (χ1v) is 16.4. The van der Waals surface area contributed by atoms with Gasteiger partial charge < -0.3 is 49.8 Å². The van der Waals surface area contributed by atoms with Gasteiger partial charge >= 0.3 is 0 Å². The van der Waals surface area contributed by atoms with Crippen molar-refractivity contribution in [1.82, 2.24) is 16.0 Å². The van der Waals surface area contributed by atoms with E-state index in [1.165, 1.54) is 0 Å². The molecule has 0 aliphatic heterocycles. The van der Waals surface area contributed by atoms with Crippen molar-refractivity contribution in [3.8, 4) is 0 Å². The number of amides is 3. The van der Waals surface area contributed by atoms with Crippen LogP contribution in [0.2, 0.25) is 0 Å². The van der Waals surface area contributed by atoms with Gasteiger partial charge in [0.25, 0.3) is 0 Å². The highest BCUT2D eigenvalue weighted by Gasteiger charge is 2.39. The Hall–Kier alpha value is -0.430. The quantitative estimate of drug-likeness (QED) is 0.0662. The number of nitrogens with one attached hydrogen (secondary N) is 3. The van der Waals surface area contributed by atoms with Crippen molar-refractivity contribution in [2.45, 2.75) is 66.2 Å². The molecule has 1 unspecified atom stereocenters. The summed E-state index contributed by atoms with van der Waals surface area (Å²) in [6.45, 7) is 12.4. The maximum atomic E-state index is 13.0. The molecule has 0 aromatic rings. The molecule has 0 aliphatic carbocycles. The smallest absolute Gasteiger partial charge is 0.236 e. The van der Waals surface area contributed by atoms with E-state index in [1.54, 1.807) is 41.5 Å². The Bertz CT molecular complexity index is 788. The van der Waals surface area contributed by atoms with Crippen LogP contribution in [0.25, 0.3) is 0 Å². The number of rotatable bonds is 25. The number of hydrogen-bond acceptors (Lipinski definition) is 10. The number of carbonyl (C=O) groups is 3. The molecule has 16 heteroatoms. The highest BCUT2D eigenvalue weighted by Crippen LogP contribution is 2.20. The van der Waals surface area contributed by atoms with E-state index in [0.29, 0.717) is 39.6 Å². The Morgan fingerprint density at radius 2 is 0.977 bits per heavy atom. The second kappa shape index (κ2) is 21.4. The number of alkyl halides is 3. The van der Waals surface area contributed by atoms with Gasteiger partial charge in [-0.1, -0.05) is 47.8 Å². The SMILES string of the molecule is CC(C)(Br)C(=O)NCC(CNC(=O)C(C)(C)Br)(COCCOCCOCCOCCOCC(O)CO)NC(=O)C(C)(C)Br. The summed E-state index contributed by atoms with van der Waals surface area (Å²) in [5.41, 5.74) is -1.17. The van der Waals surface area contributed by atoms with Gasteiger partial charge in [0.05, 0.1) is 91.2 Å². The molecule has 254 valence electrons. The number of halogens is 3. The summed E-state index contributed by atoms with van der Waals surface area (Å²) in [5, 5.41) is 26.5. The molecular weight excluding hydrogens is 766 g/mol. The third-order valence-electron chi connectivity index (χ3n) is 5.56. The molecule has 5 N–H and O–H groups in total. The fourth-order valence-electron chi connectivity index (χ4n) is 2.92. The minimum absolute atomic E-state index is 0.00775. The van der Waals surface area contributed by atoms with Gasteiger partial charge in [-0.2, -0.15) is 0 Å². The van der Waals surface area contributed by atoms with Crippen LogP contribution in [-0.2, 0) is 38.1 Å². The highest BCUT2D eigenvalue weighted by atomic mass is 79.9. The summed E-state index contributed by atoms with van der Waals surface area (Å²) < 4.78 is 24.8. The van der Waals surface area contributed by atoms with Crippen LogP contribution in [0.4, 0.5) is 0 Å². The zero-order valence-corrected chi connectivity index (χ0v) is 30.8. The van der Waals surface area contributed by atoms with E-state index in [4.69, 9.17) is 33.9 Å². The van der Waals surface area contributed by atoms with Crippen LogP contribution >= 0.6 is 47.8 Å². The predicted molar refractivity (Wildman–Crippen MR) is 173 cm³/mol. The molecule has 0 fully saturated rings. The molecule has 0 bridgehead atoms. The van der Waals surface area contributed by atoms with Gasteiger partial charge in [-0.3, -0.25) is 14.4 Å². The lowest BCUT2D eigenvalue weighted by molar-refractivity contribution is -0.128. The molecule has 13 nitrogen and oxygen atoms in total. The number of aliphatic hydroxyl groups is 2. The maximum absolute atomic E-state index is 13.0. The van der Waals surface area contributed by atoms with E-state index in [9.17, 15) is 14.4 Å². The van der Waals surface area contributed by atoms with Gasteiger partial charge in [0, 0.05) is 13.1 Å². The van der Waals surface area contributed by atoms with Crippen LogP contribution in [0.15, 0.2) is 0 Å². The van der Waals surface area contributed by atoms with Gasteiger partial charge in [0.1, 0.15) is 6.10 Å². The summed E-state index contributed by atoms with van der Waals surface area (Å²) in [6.07, 6.45) is -0.886. The van der Waals surface area contributed by atoms with Crippen molar-refractivity contribution < 1.29 is 48.3 Å². The van der Waals surface area contributed by atoms with E-state index in [2.05, 4.69) is 63.7 Å². The van der Waals surface area contributed by atoms with E-state index in [0.717, 1.165) is 0 Å². The average Bonchev–Trinajstić information content (AvgIpc) is 2.90. The Balaban J connectivity index is 4.83. The lowest BCUT2D eigenvalue weighted by Gasteiger charge is -2.37. The molecule has 0 aromatic carbocycles. The molecular formula is C27H50Br3N3O10. The zero-order chi connectivity index (χ0) is 33.2. The topological polar surface area (TPSA) is 174 Å². The minimum Gasteiger partial charge on any atom is -0.394 e. The fraction of sp³-hybridized carbons (Fsp3) is 0.889. The average molecular weight is 816 g/mol. The van der Waals surface area contributed by atoms with Crippen LogP contribution in [-0.4, -0.2) is 138 Å². The first kappa shape index (κ1) is 42.6.